The summed E-state index contributed by atoms with van der Waals surface area (Å²) in [5, 5.41) is 3.29. The van der Waals surface area contributed by atoms with Gasteiger partial charge in [0.1, 0.15) is 11.5 Å². The molecule has 1 N–H and O–H groups in total. The van der Waals surface area contributed by atoms with Gasteiger partial charge in [-0.25, -0.2) is 0 Å². The first-order valence-corrected chi connectivity index (χ1v) is 7.38. The number of anilines is 1. The Kier molecular flexibility index (Phi) is 5.06. The Morgan fingerprint density at radius 1 is 1.15 bits per heavy atom. The van der Waals surface area contributed by atoms with Crippen LogP contribution in [-0.2, 0) is 12.3 Å². The second kappa shape index (κ2) is 6.79. The Balaban J connectivity index is 1.90. The fraction of sp³-hybridized carbons (Fsp3) is 0.333. The third kappa shape index (κ3) is 4.27. The Labute approximate surface area is 121 Å². The van der Waals surface area contributed by atoms with Gasteiger partial charge in [0.15, 0.2) is 0 Å². The number of benzene rings is 1. The highest BCUT2D eigenvalue weighted by Gasteiger charge is 2.07. The Bertz CT molecular complexity index is 569. The molecule has 2 nitrogen and oxygen atoms in total. The summed E-state index contributed by atoms with van der Waals surface area (Å²) in [7, 11) is 0. The lowest BCUT2D eigenvalue weighted by Gasteiger charge is -2.08. The first kappa shape index (κ1) is 14.9. The third-order valence-electron chi connectivity index (χ3n) is 2.90. The zero-order valence-electron chi connectivity index (χ0n) is 11.5. The van der Waals surface area contributed by atoms with Crippen LogP contribution in [0.3, 0.4) is 0 Å². The molecule has 1 heterocycles. The van der Waals surface area contributed by atoms with E-state index in [-0.39, 0.29) is 5.75 Å². The molecule has 0 radical (unpaired) electrons. The summed E-state index contributed by atoms with van der Waals surface area (Å²) < 4.78 is 29.7. The van der Waals surface area contributed by atoms with Crippen LogP contribution in [0.5, 0.6) is 0 Å². The quantitative estimate of drug-likeness (QED) is 0.815. The maximum atomic E-state index is 12.1. The van der Waals surface area contributed by atoms with Crippen molar-refractivity contribution < 1.29 is 13.2 Å². The molecule has 2 rings (SSSR count). The molecule has 108 valence electrons. The molecule has 0 amide bonds. The number of halogens is 2. The van der Waals surface area contributed by atoms with Gasteiger partial charge in [-0.15, -0.1) is 0 Å². The molecule has 0 aliphatic carbocycles. The molecular formula is C15H17F2NOS. The van der Waals surface area contributed by atoms with E-state index in [1.54, 1.807) is 6.07 Å². The number of thioether (sulfide) groups is 1. The maximum Gasteiger partial charge on any atom is 0.284 e. The van der Waals surface area contributed by atoms with Crippen LogP contribution in [0.15, 0.2) is 34.7 Å². The van der Waals surface area contributed by atoms with Gasteiger partial charge in [0.25, 0.3) is 5.76 Å². The van der Waals surface area contributed by atoms with E-state index in [4.69, 9.17) is 4.42 Å². The second-order valence-electron chi connectivity index (χ2n) is 4.61. The molecule has 2 aromatic rings. The number of aryl methyl sites for hydroxylation is 2. The van der Waals surface area contributed by atoms with Crippen LogP contribution < -0.4 is 5.32 Å². The van der Waals surface area contributed by atoms with E-state index in [1.165, 1.54) is 11.1 Å². The van der Waals surface area contributed by atoms with Crippen molar-refractivity contribution in [3.05, 3.63) is 53.0 Å². The fourth-order valence-corrected chi connectivity index (χ4v) is 2.38. The highest BCUT2D eigenvalue weighted by atomic mass is 32.2. The second-order valence-corrected chi connectivity index (χ2v) is 5.59. The predicted molar refractivity (Wildman–Crippen MR) is 79.2 cm³/mol. The Hall–Kier alpha value is -1.49. The van der Waals surface area contributed by atoms with E-state index in [2.05, 4.69) is 18.3 Å². The molecule has 0 bridgehead atoms. The van der Waals surface area contributed by atoms with E-state index < -0.39 is 5.76 Å². The van der Waals surface area contributed by atoms with E-state index in [0.29, 0.717) is 24.1 Å². The normalized spacial score (nSPS) is 11.1. The Morgan fingerprint density at radius 2 is 1.90 bits per heavy atom. The fourth-order valence-electron chi connectivity index (χ4n) is 1.93. The standard InChI is InChI=1S/C15H17F2NOS/c1-10-3-6-14(11(2)7-10)18-8-12-4-5-13(19-12)9-20-15(16)17/h3-7,15,18H,8-9H2,1-2H3. The molecule has 0 unspecified atom stereocenters. The minimum atomic E-state index is -2.36. The van der Waals surface area contributed by atoms with Crippen LogP contribution in [0, 0.1) is 13.8 Å². The highest BCUT2D eigenvalue weighted by molar-refractivity contribution is 7.98. The van der Waals surface area contributed by atoms with Gasteiger partial charge in [0.05, 0.1) is 12.3 Å². The summed E-state index contributed by atoms with van der Waals surface area (Å²) in [6, 6.07) is 9.74. The van der Waals surface area contributed by atoms with Crippen molar-refractivity contribution >= 4 is 17.4 Å². The number of furan rings is 1. The minimum Gasteiger partial charge on any atom is -0.463 e. The zero-order valence-corrected chi connectivity index (χ0v) is 12.3. The van der Waals surface area contributed by atoms with Crippen molar-refractivity contribution in [1.82, 2.24) is 0 Å². The van der Waals surface area contributed by atoms with Crippen molar-refractivity contribution in [2.45, 2.75) is 31.9 Å². The van der Waals surface area contributed by atoms with Gasteiger partial charge >= 0.3 is 0 Å². The molecule has 0 atom stereocenters. The van der Waals surface area contributed by atoms with Gasteiger partial charge in [0, 0.05) is 5.69 Å². The molecule has 20 heavy (non-hydrogen) atoms. The third-order valence-corrected chi connectivity index (χ3v) is 3.61. The van der Waals surface area contributed by atoms with Gasteiger partial charge in [0.2, 0.25) is 0 Å². The van der Waals surface area contributed by atoms with Crippen LogP contribution in [0.1, 0.15) is 22.6 Å². The Morgan fingerprint density at radius 3 is 2.60 bits per heavy atom. The summed E-state index contributed by atoms with van der Waals surface area (Å²) in [5.41, 5.74) is 3.44. The molecule has 0 aliphatic heterocycles. The lowest BCUT2D eigenvalue weighted by Crippen LogP contribution is -2.00. The van der Waals surface area contributed by atoms with E-state index in [0.717, 1.165) is 11.4 Å². The summed E-state index contributed by atoms with van der Waals surface area (Å²) >= 11 is 0.569. The van der Waals surface area contributed by atoms with Gasteiger partial charge in [-0.2, -0.15) is 8.78 Å². The molecule has 0 spiro atoms. The van der Waals surface area contributed by atoms with Crippen molar-refractivity contribution in [2.75, 3.05) is 5.32 Å². The number of hydrogen-bond acceptors (Lipinski definition) is 3. The first-order chi connectivity index (χ1) is 9.54. The molecule has 1 aromatic carbocycles. The van der Waals surface area contributed by atoms with Gasteiger partial charge in [-0.3, -0.25) is 0 Å². The maximum absolute atomic E-state index is 12.1. The summed E-state index contributed by atoms with van der Waals surface area (Å²) in [6.45, 7) is 4.64. The highest BCUT2D eigenvalue weighted by Crippen LogP contribution is 2.22. The summed E-state index contributed by atoms with van der Waals surface area (Å²) in [6.07, 6.45) is 0. The SMILES string of the molecule is Cc1ccc(NCc2ccc(CSC(F)F)o2)c(C)c1. The van der Waals surface area contributed by atoms with Crippen molar-refractivity contribution in [2.24, 2.45) is 0 Å². The van der Waals surface area contributed by atoms with Crippen LogP contribution in [0.4, 0.5) is 14.5 Å². The topological polar surface area (TPSA) is 25.2 Å². The predicted octanol–water partition coefficient (Wildman–Crippen LogP) is 4.96. The van der Waals surface area contributed by atoms with Crippen molar-refractivity contribution in [3.63, 3.8) is 0 Å². The summed E-state index contributed by atoms with van der Waals surface area (Å²) in [4.78, 5) is 0. The molecular weight excluding hydrogens is 280 g/mol. The average Bonchev–Trinajstić information content (AvgIpc) is 2.83. The van der Waals surface area contributed by atoms with Crippen LogP contribution in [0.25, 0.3) is 0 Å². The molecule has 0 saturated heterocycles. The molecule has 0 fully saturated rings. The first-order valence-electron chi connectivity index (χ1n) is 6.33. The molecule has 0 saturated carbocycles. The number of alkyl halides is 2. The minimum absolute atomic E-state index is 0.196. The smallest absolute Gasteiger partial charge is 0.284 e. The van der Waals surface area contributed by atoms with E-state index in [9.17, 15) is 8.78 Å². The van der Waals surface area contributed by atoms with E-state index >= 15 is 0 Å². The van der Waals surface area contributed by atoms with Gasteiger partial charge < -0.3 is 9.73 Å². The largest absolute Gasteiger partial charge is 0.463 e. The average molecular weight is 297 g/mol. The number of hydrogen-bond donors (Lipinski definition) is 1. The number of nitrogens with one attached hydrogen (secondary N) is 1. The van der Waals surface area contributed by atoms with Crippen molar-refractivity contribution in [3.8, 4) is 0 Å². The zero-order chi connectivity index (χ0) is 14.5. The van der Waals surface area contributed by atoms with E-state index in [1.807, 2.05) is 25.1 Å². The molecule has 1 aromatic heterocycles. The van der Waals surface area contributed by atoms with Gasteiger partial charge in [-0.05, 0) is 37.6 Å². The lowest BCUT2D eigenvalue weighted by atomic mass is 10.1. The van der Waals surface area contributed by atoms with Crippen LogP contribution >= 0.6 is 11.8 Å². The van der Waals surface area contributed by atoms with Gasteiger partial charge in [-0.1, -0.05) is 29.5 Å². The van der Waals surface area contributed by atoms with Crippen LogP contribution in [0.2, 0.25) is 0 Å². The summed E-state index contributed by atoms with van der Waals surface area (Å²) in [5.74, 6) is -0.847. The molecule has 0 aliphatic rings. The number of rotatable bonds is 6. The van der Waals surface area contributed by atoms with Crippen molar-refractivity contribution in [1.29, 1.82) is 0 Å². The molecule has 5 heteroatoms. The monoisotopic (exact) mass is 297 g/mol. The van der Waals surface area contributed by atoms with Crippen LogP contribution in [-0.4, -0.2) is 5.76 Å². The lowest BCUT2D eigenvalue weighted by molar-refractivity contribution is 0.251.